The maximum absolute atomic E-state index is 5.28. The molecule has 0 bridgehead atoms. The summed E-state index contributed by atoms with van der Waals surface area (Å²) < 4.78 is 5.28. The molecule has 1 radical (unpaired) electrons. The number of hydrogen-bond acceptors (Lipinski definition) is 1. The Morgan fingerprint density at radius 1 is 1.11 bits per heavy atom. The molecule has 1 aliphatic heterocycles. The van der Waals surface area contributed by atoms with Crippen LogP contribution in [0.25, 0.3) is 0 Å². The van der Waals surface area contributed by atoms with Gasteiger partial charge >= 0.3 is 0 Å². The lowest BCUT2D eigenvalue weighted by atomic mass is 9.64. The Morgan fingerprint density at radius 2 is 1.78 bits per heavy atom. The molecule has 0 aromatic heterocycles. The molecule has 51 valence electrons. The first-order chi connectivity index (χ1) is 4.41. The van der Waals surface area contributed by atoms with E-state index < -0.39 is 0 Å². The molecule has 0 unspecified atom stereocenters. The van der Waals surface area contributed by atoms with Crippen LogP contribution in [0.4, 0.5) is 0 Å². The van der Waals surface area contributed by atoms with Crippen molar-refractivity contribution in [1.29, 1.82) is 0 Å². The summed E-state index contributed by atoms with van der Waals surface area (Å²) in [7, 11) is 0. The second-order valence-corrected chi connectivity index (χ2v) is 3.22. The van der Waals surface area contributed by atoms with Crippen LogP contribution >= 0.6 is 0 Å². The fourth-order valence-corrected chi connectivity index (χ4v) is 1.78. The van der Waals surface area contributed by atoms with Crippen LogP contribution in [0, 0.1) is 11.8 Å². The van der Waals surface area contributed by atoms with Gasteiger partial charge in [-0.05, 0) is 37.5 Å². The highest BCUT2D eigenvalue weighted by atomic mass is 16.5. The van der Waals surface area contributed by atoms with Crippen molar-refractivity contribution in [2.75, 3.05) is 13.2 Å². The zero-order chi connectivity index (χ0) is 6.16. The fourth-order valence-electron chi connectivity index (χ4n) is 1.78. The predicted octanol–water partition coefficient (Wildman–Crippen LogP) is 1.78. The average Bonchev–Trinajstić information content (AvgIpc) is 1.87. The van der Waals surface area contributed by atoms with Crippen LogP contribution in [0.5, 0.6) is 0 Å². The summed E-state index contributed by atoms with van der Waals surface area (Å²) in [6.45, 7) is 1.99. The highest BCUT2D eigenvalue weighted by Crippen LogP contribution is 2.47. The summed E-state index contributed by atoms with van der Waals surface area (Å²) in [5, 5.41) is 0. The largest absolute Gasteiger partial charge is 0.381 e. The molecular weight excluding hydrogens is 112 g/mol. The van der Waals surface area contributed by atoms with E-state index in [1.807, 2.05) is 0 Å². The lowest BCUT2D eigenvalue weighted by Gasteiger charge is -2.44. The van der Waals surface area contributed by atoms with Crippen LogP contribution in [-0.2, 0) is 4.74 Å². The van der Waals surface area contributed by atoms with E-state index in [9.17, 15) is 0 Å². The van der Waals surface area contributed by atoms with Crippen molar-refractivity contribution in [1.82, 2.24) is 0 Å². The standard InChI is InChI=1S/C8H13O/c1-2-8(3-1)4-6-9-7-5-8/h2H,1,3-7H2. The highest BCUT2D eigenvalue weighted by molar-refractivity contribution is 5.02. The molecular formula is C8H13O. The molecule has 1 saturated carbocycles. The van der Waals surface area contributed by atoms with Crippen molar-refractivity contribution in [2.45, 2.75) is 25.7 Å². The second kappa shape index (κ2) is 1.98. The molecule has 0 amide bonds. The number of rotatable bonds is 0. The number of ether oxygens (including phenoxy) is 1. The molecule has 0 aromatic carbocycles. The van der Waals surface area contributed by atoms with Gasteiger partial charge in [0.1, 0.15) is 0 Å². The van der Waals surface area contributed by atoms with E-state index in [2.05, 4.69) is 6.42 Å². The Hall–Kier alpha value is -0.0400. The Kier molecular flexibility index (Phi) is 1.26. The lowest BCUT2D eigenvalue weighted by molar-refractivity contribution is 0.00469. The van der Waals surface area contributed by atoms with Crippen molar-refractivity contribution < 1.29 is 4.74 Å². The molecule has 1 spiro atoms. The first kappa shape index (κ1) is 5.72. The number of hydrogen-bond donors (Lipinski definition) is 0. The molecule has 2 rings (SSSR count). The van der Waals surface area contributed by atoms with E-state index in [4.69, 9.17) is 4.74 Å². The van der Waals surface area contributed by atoms with Crippen LogP contribution in [0.3, 0.4) is 0 Å². The van der Waals surface area contributed by atoms with Gasteiger partial charge in [-0.1, -0.05) is 0 Å². The molecule has 2 fully saturated rings. The molecule has 1 heteroatoms. The van der Waals surface area contributed by atoms with Gasteiger partial charge in [-0.25, -0.2) is 0 Å². The summed E-state index contributed by atoms with van der Waals surface area (Å²) in [4.78, 5) is 0. The Morgan fingerprint density at radius 3 is 2.11 bits per heavy atom. The smallest absolute Gasteiger partial charge is 0.0471 e. The average molecular weight is 125 g/mol. The lowest BCUT2D eigenvalue weighted by Crippen LogP contribution is -2.36. The quantitative estimate of drug-likeness (QED) is 0.479. The van der Waals surface area contributed by atoms with E-state index in [0.717, 1.165) is 13.2 Å². The first-order valence-electron chi connectivity index (χ1n) is 3.83. The summed E-state index contributed by atoms with van der Waals surface area (Å²) >= 11 is 0. The van der Waals surface area contributed by atoms with Gasteiger partial charge in [0.25, 0.3) is 0 Å². The minimum atomic E-state index is 0.651. The monoisotopic (exact) mass is 125 g/mol. The Bertz CT molecular complexity index is 97.1. The van der Waals surface area contributed by atoms with Crippen LogP contribution in [0.15, 0.2) is 0 Å². The zero-order valence-corrected chi connectivity index (χ0v) is 5.73. The van der Waals surface area contributed by atoms with Gasteiger partial charge in [0, 0.05) is 13.2 Å². The van der Waals surface area contributed by atoms with Gasteiger partial charge in [0.15, 0.2) is 0 Å². The van der Waals surface area contributed by atoms with Crippen molar-refractivity contribution in [3.05, 3.63) is 6.42 Å². The molecule has 9 heavy (non-hydrogen) atoms. The summed E-state index contributed by atoms with van der Waals surface area (Å²) in [5.74, 6) is 0. The van der Waals surface area contributed by atoms with Gasteiger partial charge in [0.05, 0.1) is 0 Å². The van der Waals surface area contributed by atoms with Gasteiger partial charge in [0.2, 0.25) is 0 Å². The molecule has 0 N–H and O–H groups in total. The molecule has 1 nitrogen and oxygen atoms in total. The van der Waals surface area contributed by atoms with Crippen LogP contribution in [-0.4, -0.2) is 13.2 Å². The normalized spacial score (nSPS) is 32.0. The topological polar surface area (TPSA) is 9.23 Å². The van der Waals surface area contributed by atoms with E-state index in [0.29, 0.717) is 5.41 Å². The third-order valence-corrected chi connectivity index (χ3v) is 2.71. The first-order valence-corrected chi connectivity index (χ1v) is 3.83. The Balaban J connectivity index is 1.93. The van der Waals surface area contributed by atoms with Crippen molar-refractivity contribution >= 4 is 0 Å². The third-order valence-electron chi connectivity index (χ3n) is 2.71. The van der Waals surface area contributed by atoms with Gasteiger partial charge in [-0.3, -0.25) is 0 Å². The highest BCUT2D eigenvalue weighted by Gasteiger charge is 2.38. The van der Waals surface area contributed by atoms with E-state index in [-0.39, 0.29) is 0 Å². The third kappa shape index (κ3) is 0.877. The van der Waals surface area contributed by atoms with Crippen LogP contribution < -0.4 is 0 Å². The van der Waals surface area contributed by atoms with Crippen LogP contribution in [0.1, 0.15) is 25.7 Å². The molecule has 1 heterocycles. The van der Waals surface area contributed by atoms with Crippen molar-refractivity contribution in [3.8, 4) is 0 Å². The molecule has 1 saturated heterocycles. The molecule has 2 aliphatic rings. The minimum absolute atomic E-state index is 0.651. The van der Waals surface area contributed by atoms with Gasteiger partial charge < -0.3 is 4.74 Å². The second-order valence-electron chi connectivity index (χ2n) is 3.22. The van der Waals surface area contributed by atoms with E-state index >= 15 is 0 Å². The zero-order valence-electron chi connectivity index (χ0n) is 5.73. The summed E-state index contributed by atoms with van der Waals surface area (Å²) in [6.07, 6.45) is 7.83. The predicted molar refractivity (Wildman–Crippen MR) is 36.0 cm³/mol. The van der Waals surface area contributed by atoms with Crippen LogP contribution in [0.2, 0.25) is 0 Å². The maximum atomic E-state index is 5.28. The maximum Gasteiger partial charge on any atom is 0.0471 e. The van der Waals surface area contributed by atoms with E-state index in [1.165, 1.54) is 25.7 Å². The minimum Gasteiger partial charge on any atom is -0.381 e. The molecule has 1 aliphatic carbocycles. The van der Waals surface area contributed by atoms with E-state index in [1.54, 1.807) is 0 Å². The van der Waals surface area contributed by atoms with Gasteiger partial charge in [-0.15, -0.1) is 0 Å². The SMILES string of the molecule is [CH]1CCC12CCOCC2. The molecule has 0 atom stereocenters. The Labute approximate surface area is 56.4 Å². The van der Waals surface area contributed by atoms with Crippen molar-refractivity contribution in [3.63, 3.8) is 0 Å². The van der Waals surface area contributed by atoms with Crippen molar-refractivity contribution in [2.24, 2.45) is 5.41 Å². The summed E-state index contributed by atoms with van der Waals surface area (Å²) in [5.41, 5.74) is 0.651. The fraction of sp³-hybridized carbons (Fsp3) is 0.875. The summed E-state index contributed by atoms with van der Waals surface area (Å²) in [6, 6.07) is 0. The van der Waals surface area contributed by atoms with Gasteiger partial charge in [-0.2, -0.15) is 0 Å². The molecule has 0 aromatic rings.